The van der Waals surface area contributed by atoms with Gasteiger partial charge in [0.15, 0.2) is 12.4 Å². The number of hydrazone groups is 1. The van der Waals surface area contributed by atoms with Crippen LogP contribution in [0.5, 0.6) is 11.5 Å². The Morgan fingerprint density at radius 1 is 0.957 bits per heavy atom. The maximum absolute atomic E-state index is 12.6. The number of nitrogens with one attached hydrogen (secondary N) is 2. The van der Waals surface area contributed by atoms with Crippen molar-refractivity contribution in [2.75, 3.05) is 11.9 Å². The number of furan rings is 1. The summed E-state index contributed by atoms with van der Waals surface area (Å²) in [6.45, 7) is 3.64. The average molecular weight is 677 g/mol. The second-order valence-corrected chi connectivity index (χ2v) is 11.0. The number of hydrogen-bond acceptors (Lipinski definition) is 8. The fraction of sp³-hybridized carbons (Fsp3) is 0.121. The van der Waals surface area contributed by atoms with Crippen molar-refractivity contribution >= 4 is 52.6 Å². The van der Waals surface area contributed by atoms with Gasteiger partial charge < -0.3 is 23.8 Å². The zero-order valence-corrected chi connectivity index (χ0v) is 26.5. The number of amides is 2. The third kappa shape index (κ3) is 8.37. The molecule has 2 amide bonds. The van der Waals surface area contributed by atoms with E-state index in [1.54, 1.807) is 30.3 Å². The van der Waals surface area contributed by atoms with E-state index in [1.165, 1.54) is 18.3 Å². The molecule has 5 aromatic rings. The molecule has 0 unspecified atom stereocenters. The predicted octanol–water partition coefficient (Wildman–Crippen LogP) is 7.26. The van der Waals surface area contributed by atoms with Crippen molar-refractivity contribution in [1.29, 1.82) is 0 Å². The Balaban J connectivity index is 1.14. The number of carbonyl (C=O) groups is 2. The van der Waals surface area contributed by atoms with Crippen LogP contribution in [0, 0.1) is 24.0 Å². The summed E-state index contributed by atoms with van der Waals surface area (Å²) < 4.78 is 18.9. The number of nitro benzene ring substituents is 1. The first-order valence-corrected chi connectivity index (χ1v) is 14.8. The third-order valence-corrected chi connectivity index (χ3v) is 7.26. The number of hydrogen-bond donors (Lipinski definition) is 2. The first-order valence-electron chi connectivity index (χ1n) is 14.0. The summed E-state index contributed by atoms with van der Waals surface area (Å²) in [5, 5.41) is 18.5. The number of benzene rings is 3. The molecule has 0 aliphatic carbocycles. The lowest BCUT2D eigenvalue weighted by Gasteiger charge is -2.10. The molecule has 0 saturated heterocycles. The van der Waals surface area contributed by atoms with Crippen LogP contribution in [0.3, 0.4) is 0 Å². The van der Waals surface area contributed by atoms with E-state index in [1.807, 2.05) is 38.1 Å². The molecule has 0 radical (unpaired) electrons. The third-order valence-electron chi connectivity index (χ3n) is 6.73. The Labute approximate surface area is 278 Å². The van der Waals surface area contributed by atoms with Crippen LogP contribution in [0.25, 0.3) is 5.69 Å². The van der Waals surface area contributed by atoms with Crippen molar-refractivity contribution < 1.29 is 28.4 Å². The van der Waals surface area contributed by atoms with Crippen LogP contribution in [0.1, 0.15) is 33.3 Å². The van der Waals surface area contributed by atoms with Crippen molar-refractivity contribution in [3.8, 4) is 17.2 Å². The topological polar surface area (TPSA) is 150 Å². The summed E-state index contributed by atoms with van der Waals surface area (Å²) in [6.07, 6.45) is 1.17. The van der Waals surface area contributed by atoms with E-state index >= 15 is 0 Å². The van der Waals surface area contributed by atoms with Crippen LogP contribution in [-0.4, -0.2) is 34.1 Å². The lowest BCUT2D eigenvalue weighted by molar-refractivity contribution is -0.385. The molecular weight excluding hydrogens is 649 g/mol. The van der Waals surface area contributed by atoms with Crippen LogP contribution in [0.4, 0.5) is 11.4 Å². The van der Waals surface area contributed by atoms with E-state index in [0.29, 0.717) is 22.2 Å². The lowest BCUT2D eigenvalue weighted by atomic mass is 10.2. The van der Waals surface area contributed by atoms with Crippen LogP contribution >= 0.6 is 23.2 Å². The SMILES string of the molecule is Cc1ccc(C)n1-c1ccc(OCc2ccc(C(=O)N/N=C/c3cc(Cl)c(OCC(=O)Nc4ccc(Cl)cc4)c([N+](=O)[O-])c3)o2)cc1. The Kier molecular flexibility index (Phi) is 10.2. The number of aryl methyl sites for hydroxylation is 2. The molecule has 5 rings (SSSR count). The van der Waals surface area contributed by atoms with Gasteiger partial charge in [0.25, 0.3) is 5.91 Å². The normalized spacial score (nSPS) is 11.0. The fourth-order valence-electron chi connectivity index (χ4n) is 4.54. The number of carbonyl (C=O) groups excluding carboxylic acids is 2. The van der Waals surface area contributed by atoms with Gasteiger partial charge in [0.05, 0.1) is 16.2 Å². The van der Waals surface area contributed by atoms with Gasteiger partial charge in [-0.2, -0.15) is 5.10 Å². The highest BCUT2D eigenvalue weighted by Crippen LogP contribution is 2.36. The first kappa shape index (κ1) is 32.8. The summed E-state index contributed by atoms with van der Waals surface area (Å²) in [5.74, 6) is -0.475. The second-order valence-electron chi connectivity index (χ2n) is 10.2. The molecule has 3 aromatic carbocycles. The molecule has 2 aromatic heterocycles. The van der Waals surface area contributed by atoms with Crippen LogP contribution in [0.15, 0.2) is 94.4 Å². The predicted molar refractivity (Wildman–Crippen MR) is 177 cm³/mol. The highest BCUT2D eigenvalue weighted by molar-refractivity contribution is 6.32. The van der Waals surface area contributed by atoms with Crippen molar-refractivity contribution in [3.63, 3.8) is 0 Å². The van der Waals surface area contributed by atoms with Gasteiger partial charge in [0, 0.05) is 39.4 Å². The number of nitrogens with zero attached hydrogens (tertiary/aromatic N) is 3. The van der Waals surface area contributed by atoms with Gasteiger partial charge in [-0.05, 0) is 92.7 Å². The van der Waals surface area contributed by atoms with E-state index in [2.05, 4.69) is 32.5 Å². The van der Waals surface area contributed by atoms with Crippen molar-refractivity contribution in [3.05, 3.63) is 134 Å². The summed E-state index contributed by atoms with van der Waals surface area (Å²) >= 11 is 12.1. The van der Waals surface area contributed by atoms with Gasteiger partial charge in [0.1, 0.15) is 18.1 Å². The van der Waals surface area contributed by atoms with E-state index in [4.69, 9.17) is 37.1 Å². The van der Waals surface area contributed by atoms with Gasteiger partial charge in [-0.1, -0.05) is 23.2 Å². The van der Waals surface area contributed by atoms with Gasteiger partial charge in [-0.15, -0.1) is 0 Å². The molecule has 0 atom stereocenters. The van der Waals surface area contributed by atoms with E-state index < -0.39 is 29.0 Å². The monoisotopic (exact) mass is 675 g/mol. The Morgan fingerprint density at radius 2 is 1.66 bits per heavy atom. The van der Waals surface area contributed by atoms with E-state index in [-0.39, 0.29) is 28.7 Å². The molecule has 2 N–H and O–H groups in total. The first-order chi connectivity index (χ1) is 22.6. The van der Waals surface area contributed by atoms with Crippen molar-refractivity contribution in [2.24, 2.45) is 5.10 Å². The maximum atomic E-state index is 12.6. The molecule has 0 bridgehead atoms. The minimum absolute atomic E-state index is 0.0145. The number of rotatable bonds is 12. The average Bonchev–Trinajstić information content (AvgIpc) is 3.66. The Bertz CT molecular complexity index is 1930. The minimum atomic E-state index is -0.709. The quantitative estimate of drug-likeness (QED) is 0.0802. The molecular formula is C33H27Cl2N5O7. The van der Waals surface area contributed by atoms with Crippen molar-refractivity contribution in [1.82, 2.24) is 9.99 Å². The molecule has 2 heterocycles. The van der Waals surface area contributed by atoms with Gasteiger partial charge in [-0.25, -0.2) is 5.43 Å². The molecule has 0 fully saturated rings. The summed E-state index contributed by atoms with van der Waals surface area (Å²) in [4.78, 5) is 35.8. The number of aromatic nitrogens is 1. The van der Waals surface area contributed by atoms with Gasteiger partial charge in [-0.3, -0.25) is 19.7 Å². The molecule has 14 heteroatoms. The van der Waals surface area contributed by atoms with Crippen LogP contribution in [0.2, 0.25) is 10.0 Å². The minimum Gasteiger partial charge on any atom is -0.486 e. The number of ether oxygens (including phenoxy) is 2. The summed E-state index contributed by atoms with van der Waals surface area (Å²) in [7, 11) is 0. The van der Waals surface area contributed by atoms with Crippen molar-refractivity contribution in [2.45, 2.75) is 20.5 Å². The Hall–Kier alpha value is -5.59. The van der Waals surface area contributed by atoms with Gasteiger partial charge >= 0.3 is 11.6 Å². The zero-order chi connectivity index (χ0) is 33.5. The summed E-state index contributed by atoms with van der Waals surface area (Å²) in [5.41, 5.74) is 5.75. The zero-order valence-electron chi connectivity index (χ0n) is 25.0. The molecule has 12 nitrogen and oxygen atoms in total. The molecule has 0 aliphatic heterocycles. The van der Waals surface area contributed by atoms with E-state index in [0.717, 1.165) is 23.1 Å². The highest BCUT2D eigenvalue weighted by atomic mass is 35.5. The highest BCUT2D eigenvalue weighted by Gasteiger charge is 2.22. The lowest BCUT2D eigenvalue weighted by Crippen LogP contribution is -2.20. The van der Waals surface area contributed by atoms with Crippen LogP contribution in [-0.2, 0) is 11.4 Å². The van der Waals surface area contributed by atoms with Gasteiger partial charge in [0.2, 0.25) is 5.75 Å². The second kappa shape index (κ2) is 14.7. The Morgan fingerprint density at radius 3 is 2.34 bits per heavy atom. The maximum Gasteiger partial charge on any atom is 0.313 e. The van der Waals surface area contributed by atoms with Crippen LogP contribution < -0.4 is 20.2 Å². The van der Waals surface area contributed by atoms with E-state index in [9.17, 15) is 19.7 Å². The smallest absolute Gasteiger partial charge is 0.313 e. The molecule has 0 spiro atoms. The molecule has 240 valence electrons. The summed E-state index contributed by atoms with van der Waals surface area (Å²) in [6, 6.07) is 23.7. The number of halogens is 2. The molecule has 0 saturated carbocycles. The largest absolute Gasteiger partial charge is 0.486 e. The number of anilines is 1. The standard InChI is InChI=1S/C33H27Cl2N5O7/c1-20-3-4-21(2)39(20)25-9-11-26(12-10-25)45-18-27-13-14-30(47-27)33(42)38-36-17-22-15-28(35)32(29(16-22)40(43)44)46-19-31(41)37-24-7-5-23(34)6-8-24/h3-17H,18-19H2,1-2H3,(H,37,41)(H,38,42)/b36-17+. The number of nitro groups is 1. The molecule has 0 aliphatic rings. The fourth-order valence-corrected chi connectivity index (χ4v) is 4.94. The molecule has 47 heavy (non-hydrogen) atoms.